The number of nitrogens with zero attached hydrogens (tertiary/aromatic N) is 2. The van der Waals surface area contributed by atoms with E-state index in [-0.39, 0.29) is 11.8 Å². The molecule has 4 heteroatoms. The minimum atomic E-state index is 0.125. The van der Waals surface area contributed by atoms with Crippen LogP contribution in [0.3, 0.4) is 0 Å². The molecule has 0 bridgehead atoms. The fourth-order valence-corrected chi connectivity index (χ4v) is 6.26. The van der Waals surface area contributed by atoms with Gasteiger partial charge in [0, 0.05) is 37.3 Å². The predicted molar refractivity (Wildman–Crippen MR) is 144 cm³/mol. The Morgan fingerprint density at radius 1 is 0.833 bits per heavy atom. The first-order chi connectivity index (χ1) is 17.7. The summed E-state index contributed by atoms with van der Waals surface area (Å²) in [6, 6.07) is 26.6. The summed E-state index contributed by atoms with van der Waals surface area (Å²) in [4.78, 5) is 30.1. The van der Waals surface area contributed by atoms with Crippen LogP contribution in [-0.4, -0.2) is 36.3 Å². The third kappa shape index (κ3) is 4.37. The average Bonchev–Trinajstić information content (AvgIpc) is 3.44. The van der Waals surface area contributed by atoms with Crippen molar-refractivity contribution in [3.63, 3.8) is 0 Å². The van der Waals surface area contributed by atoms with Gasteiger partial charge < -0.3 is 9.80 Å². The van der Waals surface area contributed by atoms with Crippen LogP contribution >= 0.6 is 0 Å². The van der Waals surface area contributed by atoms with Crippen LogP contribution < -0.4 is 4.90 Å². The fraction of sp³-hybridized carbons (Fsp3) is 0.312. The van der Waals surface area contributed by atoms with Gasteiger partial charge in [0.15, 0.2) is 0 Å². The van der Waals surface area contributed by atoms with Crippen LogP contribution in [-0.2, 0) is 11.2 Å². The number of fused-ring (bicyclic) bond motifs is 1. The molecule has 2 atom stereocenters. The number of hydrogen-bond donors (Lipinski definition) is 0. The van der Waals surface area contributed by atoms with Gasteiger partial charge in [-0.15, -0.1) is 0 Å². The lowest BCUT2D eigenvalue weighted by Gasteiger charge is -2.23. The minimum Gasteiger partial charge on any atom is -0.339 e. The number of anilines is 1. The zero-order valence-electron chi connectivity index (χ0n) is 20.6. The van der Waals surface area contributed by atoms with E-state index in [1.165, 1.54) is 22.3 Å². The van der Waals surface area contributed by atoms with Crippen molar-refractivity contribution in [3.8, 4) is 0 Å². The van der Waals surface area contributed by atoms with E-state index in [1.807, 2.05) is 40.1 Å². The molecule has 6 rings (SSSR count). The Kier molecular flexibility index (Phi) is 6.18. The molecule has 182 valence electrons. The Morgan fingerprint density at radius 2 is 1.67 bits per heavy atom. The number of allylic oxidation sites excluding steroid dienone is 1. The zero-order chi connectivity index (χ0) is 24.5. The van der Waals surface area contributed by atoms with E-state index in [2.05, 4.69) is 54.6 Å². The van der Waals surface area contributed by atoms with Gasteiger partial charge in [-0.2, -0.15) is 0 Å². The average molecular weight is 477 g/mol. The van der Waals surface area contributed by atoms with E-state index in [4.69, 9.17) is 0 Å². The van der Waals surface area contributed by atoms with Crippen LogP contribution in [0.1, 0.15) is 52.7 Å². The van der Waals surface area contributed by atoms with Crippen molar-refractivity contribution in [2.24, 2.45) is 11.8 Å². The number of rotatable bonds is 4. The summed E-state index contributed by atoms with van der Waals surface area (Å²) >= 11 is 0. The Morgan fingerprint density at radius 3 is 2.56 bits per heavy atom. The fourth-order valence-electron chi connectivity index (χ4n) is 6.26. The molecule has 2 aliphatic heterocycles. The lowest BCUT2D eigenvalue weighted by atomic mass is 9.86. The molecule has 2 fully saturated rings. The smallest absolute Gasteiger partial charge is 0.253 e. The molecule has 3 aromatic rings. The normalized spacial score (nSPS) is 21.8. The molecule has 2 saturated heterocycles. The first-order valence-electron chi connectivity index (χ1n) is 13.2. The molecular formula is C32H32N2O2. The molecule has 2 unspecified atom stereocenters. The van der Waals surface area contributed by atoms with E-state index in [9.17, 15) is 9.59 Å². The number of carbonyl (C=O) groups excluding carboxylic acids is 2. The summed E-state index contributed by atoms with van der Waals surface area (Å²) < 4.78 is 0. The van der Waals surface area contributed by atoms with Gasteiger partial charge >= 0.3 is 0 Å². The quantitative estimate of drug-likeness (QED) is 0.465. The van der Waals surface area contributed by atoms with Gasteiger partial charge in [-0.05, 0) is 84.0 Å². The van der Waals surface area contributed by atoms with Gasteiger partial charge in [-0.25, -0.2) is 0 Å². The monoisotopic (exact) mass is 476 g/mol. The van der Waals surface area contributed by atoms with Crippen LogP contribution in [0.15, 0.2) is 84.9 Å². The summed E-state index contributed by atoms with van der Waals surface area (Å²) in [5, 5.41) is 0. The van der Waals surface area contributed by atoms with Crippen molar-refractivity contribution in [3.05, 3.63) is 107 Å². The topological polar surface area (TPSA) is 40.6 Å². The van der Waals surface area contributed by atoms with Gasteiger partial charge in [0.25, 0.3) is 5.91 Å². The zero-order valence-corrected chi connectivity index (χ0v) is 20.6. The predicted octanol–water partition coefficient (Wildman–Crippen LogP) is 5.97. The molecule has 0 radical (unpaired) electrons. The molecule has 1 aliphatic carbocycles. The highest BCUT2D eigenvalue weighted by atomic mass is 16.2. The molecule has 4 nitrogen and oxygen atoms in total. The van der Waals surface area contributed by atoms with Gasteiger partial charge in [0.2, 0.25) is 5.91 Å². The van der Waals surface area contributed by atoms with Gasteiger partial charge in [-0.3, -0.25) is 9.59 Å². The minimum absolute atomic E-state index is 0.125. The lowest BCUT2D eigenvalue weighted by molar-refractivity contribution is -0.117. The second kappa shape index (κ2) is 9.77. The maximum atomic E-state index is 13.1. The number of carbonyl (C=O) groups is 2. The molecule has 2 heterocycles. The second-order valence-corrected chi connectivity index (χ2v) is 10.3. The molecule has 3 aromatic carbocycles. The number of benzene rings is 3. The van der Waals surface area contributed by atoms with Crippen LogP contribution in [0.2, 0.25) is 0 Å². The maximum absolute atomic E-state index is 13.1. The van der Waals surface area contributed by atoms with Crippen molar-refractivity contribution < 1.29 is 9.59 Å². The van der Waals surface area contributed by atoms with E-state index in [0.717, 1.165) is 56.6 Å². The van der Waals surface area contributed by atoms with Gasteiger partial charge in [-0.1, -0.05) is 60.7 Å². The van der Waals surface area contributed by atoms with Crippen molar-refractivity contribution in [2.75, 3.05) is 24.5 Å². The molecule has 3 aliphatic rings. The first-order valence-corrected chi connectivity index (χ1v) is 13.2. The van der Waals surface area contributed by atoms with Crippen LogP contribution in [0.4, 0.5) is 5.69 Å². The van der Waals surface area contributed by atoms with Crippen molar-refractivity contribution in [1.82, 2.24) is 4.90 Å². The molecule has 0 aromatic heterocycles. The lowest BCUT2D eigenvalue weighted by Crippen LogP contribution is -2.32. The molecule has 2 amide bonds. The Bertz CT molecular complexity index is 1310. The molecule has 0 N–H and O–H groups in total. The largest absolute Gasteiger partial charge is 0.339 e. The molecule has 0 saturated carbocycles. The van der Waals surface area contributed by atoms with Crippen molar-refractivity contribution in [1.29, 1.82) is 0 Å². The third-order valence-corrected chi connectivity index (χ3v) is 8.20. The van der Waals surface area contributed by atoms with Crippen LogP contribution in [0.5, 0.6) is 0 Å². The van der Waals surface area contributed by atoms with Crippen LogP contribution in [0, 0.1) is 11.8 Å². The number of likely N-dealkylation sites (tertiary alicyclic amines) is 1. The highest BCUT2D eigenvalue weighted by molar-refractivity contribution is 5.97. The standard InChI is InChI=1S/C32H32N2O2/c35-31-21-27(23-12-7-18-33(19-17-23)32(36)25-9-2-1-3-10-25)22-34(31)28-13-6-11-26(20-28)30-16-15-24-8-4-5-14-29(24)30/h1-6,8-11,13-14,16,20,23,27H,7,12,15,17-19,21-22H2. The summed E-state index contributed by atoms with van der Waals surface area (Å²) in [7, 11) is 0. The Labute approximate surface area is 213 Å². The summed E-state index contributed by atoms with van der Waals surface area (Å²) in [6.45, 7) is 2.34. The molecular weight excluding hydrogens is 444 g/mol. The van der Waals surface area contributed by atoms with Crippen molar-refractivity contribution in [2.45, 2.75) is 32.1 Å². The van der Waals surface area contributed by atoms with Crippen molar-refractivity contribution >= 4 is 23.1 Å². The molecule has 0 spiro atoms. The Hall–Kier alpha value is -3.66. The van der Waals surface area contributed by atoms with E-state index in [0.29, 0.717) is 18.3 Å². The Balaban J connectivity index is 1.14. The first kappa shape index (κ1) is 22.8. The summed E-state index contributed by atoms with van der Waals surface area (Å²) in [6.07, 6.45) is 6.91. The van der Waals surface area contributed by atoms with E-state index >= 15 is 0 Å². The number of amides is 2. The molecule has 36 heavy (non-hydrogen) atoms. The van der Waals surface area contributed by atoms with Crippen LogP contribution in [0.25, 0.3) is 5.57 Å². The summed E-state index contributed by atoms with van der Waals surface area (Å²) in [5.74, 6) is 1.17. The van der Waals surface area contributed by atoms with Gasteiger partial charge in [0.05, 0.1) is 0 Å². The highest BCUT2D eigenvalue weighted by Gasteiger charge is 2.36. The second-order valence-electron chi connectivity index (χ2n) is 10.3. The van der Waals surface area contributed by atoms with E-state index in [1.54, 1.807) is 0 Å². The van der Waals surface area contributed by atoms with E-state index < -0.39 is 0 Å². The van der Waals surface area contributed by atoms with Gasteiger partial charge in [0.1, 0.15) is 0 Å². The number of hydrogen-bond acceptors (Lipinski definition) is 2. The highest BCUT2D eigenvalue weighted by Crippen LogP contribution is 2.37. The third-order valence-electron chi connectivity index (χ3n) is 8.20. The maximum Gasteiger partial charge on any atom is 0.253 e. The SMILES string of the molecule is O=C(c1ccccc1)N1CCCC(C2CC(=O)N(c3cccc(C4=CCc5ccccc54)c3)C2)CC1. The summed E-state index contributed by atoms with van der Waals surface area (Å²) in [5.41, 5.74) is 6.87.